The van der Waals surface area contributed by atoms with Crippen molar-refractivity contribution in [2.45, 2.75) is 155 Å². The highest BCUT2D eigenvalue weighted by Crippen LogP contribution is 2.43. The fraction of sp³-hybridized carbons (Fsp3) is 0.886. The van der Waals surface area contributed by atoms with Crippen molar-refractivity contribution in [3.8, 4) is 0 Å². The molecule has 0 spiro atoms. The van der Waals surface area contributed by atoms with Gasteiger partial charge in [0.15, 0.2) is 6.10 Å². The second kappa shape index (κ2) is 28.9. The second-order valence-corrected chi connectivity index (χ2v) is 14.7. The Balaban J connectivity index is 4.45. The summed E-state index contributed by atoms with van der Waals surface area (Å²) >= 11 is 0. The summed E-state index contributed by atoms with van der Waals surface area (Å²) in [4.78, 5) is 34.9. The number of hydrogen-bond acceptors (Lipinski definition) is 7. The Bertz CT molecular complexity index is 799. The van der Waals surface area contributed by atoms with Gasteiger partial charge in [-0.25, -0.2) is 4.57 Å². The quantitative estimate of drug-likeness (QED) is 0.0250. The maximum Gasteiger partial charge on any atom is 0.472 e. The number of phosphoric ester groups is 1. The molecule has 0 rings (SSSR count). The SMILES string of the molecule is CCCCCCC/C=C\CCCCCCCC(=O)OC(COC(=O)CCCCCCCCC)COP(=O)(O)OCC[N+](C)(C)C. The van der Waals surface area contributed by atoms with Crippen LogP contribution in [0.3, 0.4) is 0 Å². The van der Waals surface area contributed by atoms with E-state index >= 15 is 0 Å². The van der Waals surface area contributed by atoms with Crippen molar-refractivity contribution in [1.82, 2.24) is 0 Å². The zero-order valence-corrected chi connectivity index (χ0v) is 30.5. The molecule has 0 aromatic rings. The van der Waals surface area contributed by atoms with Crippen molar-refractivity contribution in [3.63, 3.8) is 0 Å². The molecule has 10 heteroatoms. The first-order valence-corrected chi connectivity index (χ1v) is 19.4. The Morgan fingerprint density at radius 2 is 1.13 bits per heavy atom. The number of ether oxygens (including phenoxy) is 2. The zero-order valence-electron chi connectivity index (χ0n) is 29.6. The molecule has 0 heterocycles. The van der Waals surface area contributed by atoms with E-state index < -0.39 is 26.5 Å². The fourth-order valence-corrected chi connectivity index (χ4v) is 5.39. The topological polar surface area (TPSA) is 108 Å². The van der Waals surface area contributed by atoms with E-state index in [4.69, 9.17) is 18.5 Å². The van der Waals surface area contributed by atoms with E-state index in [1.54, 1.807) is 0 Å². The van der Waals surface area contributed by atoms with Crippen molar-refractivity contribution in [1.29, 1.82) is 0 Å². The van der Waals surface area contributed by atoms with Crippen LogP contribution in [0.25, 0.3) is 0 Å². The smallest absolute Gasteiger partial charge is 0.462 e. The summed E-state index contributed by atoms with van der Waals surface area (Å²) in [6.45, 7) is 4.34. The standard InChI is InChI=1S/C35H68NO8P/c1-6-8-10-12-14-15-16-17-18-19-20-22-24-26-28-35(38)44-33(32-43-45(39,40)42-30-29-36(3,4)5)31-41-34(37)27-25-23-21-13-11-9-7-2/h16-17,33H,6-15,18-32H2,1-5H3/p+1/b17-16-. The van der Waals surface area contributed by atoms with E-state index in [1.165, 1.54) is 64.2 Å². The molecule has 45 heavy (non-hydrogen) atoms. The van der Waals surface area contributed by atoms with Crippen LogP contribution in [0.1, 0.15) is 149 Å². The van der Waals surface area contributed by atoms with Gasteiger partial charge in [0, 0.05) is 12.8 Å². The maximum absolute atomic E-state index is 12.6. The van der Waals surface area contributed by atoms with Crippen LogP contribution in [0.15, 0.2) is 12.2 Å². The number of nitrogens with zero attached hydrogens (tertiary/aromatic N) is 1. The predicted molar refractivity (Wildman–Crippen MR) is 183 cm³/mol. The Morgan fingerprint density at radius 1 is 0.667 bits per heavy atom. The highest BCUT2D eigenvalue weighted by atomic mass is 31.2. The van der Waals surface area contributed by atoms with Gasteiger partial charge in [0.25, 0.3) is 0 Å². The first kappa shape index (κ1) is 43.8. The van der Waals surface area contributed by atoms with E-state index in [0.717, 1.165) is 51.4 Å². The molecule has 0 fully saturated rings. The summed E-state index contributed by atoms with van der Waals surface area (Å²) in [5.41, 5.74) is 0. The number of quaternary nitrogens is 1. The molecule has 0 radical (unpaired) electrons. The molecule has 0 saturated carbocycles. The average molecular weight is 663 g/mol. The third-order valence-electron chi connectivity index (χ3n) is 7.55. The van der Waals surface area contributed by atoms with Crippen LogP contribution in [-0.4, -0.2) is 74.9 Å². The molecule has 0 aliphatic rings. The Labute approximate surface area is 276 Å². The Morgan fingerprint density at radius 3 is 1.64 bits per heavy atom. The number of unbranched alkanes of at least 4 members (excludes halogenated alkanes) is 16. The van der Waals surface area contributed by atoms with Gasteiger partial charge in [-0.15, -0.1) is 0 Å². The summed E-state index contributed by atoms with van der Waals surface area (Å²) in [5, 5.41) is 0. The van der Waals surface area contributed by atoms with Crippen LogP contribution in [0.4, 0.5) is 0 Å². The number of carbonyl (C=O) groups excluding carboxylic acids is 2. The van der Waals surface area contributed by atoms with Crippen LogP contribution in [-0.2, 0) is 32.7 Å². The van der Waals surface area contributed by atoms with Crippen molar-refractivity contribution in [3.05, 3.63) is 12.2 Å². The molecule has 0 bridgehead atoms. The number of allylic oxidation sites excluding steroid dienone is 2. The molecule has 0 aromatic carbocycles. The Hall–Kier alpha value is -1.25. The first-order valence-electron chi connectivity index (χ1n) is 17.9. The third-order valence-corrected chi connectivity index (χ3v) is 8.53. The summed E-state index contributed by atoms with van der Waals surface area (Å²) in [6.07, 6.45) is 25.6. The fourth-order valence-electron chi connectivity index (χ4n) is 4.65. The number of esters is 2. The molecule has 0 aliphatic heterocycles. The lowest BCUT2D eigenvalue weighted by atomic mass is 10.1. The minimum absolute atomic E-state index is 0.0323. The molecular weight excluding hydrogens is 593 g/mol. The van der Waals surface area contributed by atoms with Gasteiger partial charge < -0.3 is 18.9 Å². The average Bonchev–Trinajstić information content (AvgIpc) is 2.97. The van der Waals surface area contributed by atoms with Crippen LogP contribution in [0.2, 0.25) is 0 Å². The van der Waals surface area contributed by atoms with E-state index in [-0.39, 0.29) is 32.0 Å². The number of likely N-dealkylation sites (N-methyl/N-ethyl adjacent to an activating group) is 1. The molecule has 0 aliphatic carbocycles. The minimum Gasteiger partial charge on any atom is -0.462 e. The predicted octanol–water partition coefficient (Wildman–Crippen LogP) is 9.07. The maximum atomic E-state index is 12.6. The molecule has 9 nitrogen and oxygen atoms in total. The van der Waals surface area contributed by atoms with Gasteiger partial charge in [-0.05, 0) is 38.5 Å². The molecule has 0 amide bonds. The summed E-state index contributed by atoms with van der Waals surface area (Å²) < 4.78 is 34.0. The highest BCUT2D eigenvalue weighted by molar-refractivity contribution is 7.47. The van der Waals surface area contributed by atoms with Gasteiger partial charge in [-0.2, -0.15) is 0 Å². The van der Waals surface area contributed by atoms with Gasteiger partial charge in [0.1, 0.15) is 19.8 Å². The molecule has 0 aromatic heterocycles. The van der Waals surface area contributed by atoms with Gasteiger partial charge in [0.2, 0.25) is 0 Å². The van der Waals surface area contributed by atoms with Gasteiger partial charge in [-0.3, -0.25) is 18.6 Å². The third kappa shape index (κ3) is 32.5. The summed E-state index contributed by atoms with van der Waals surface area (Å²) in [7, 11) is 1.47. The summed E-state index contributed by atoms with van der Waals surface area (Å²) in [6, 6.07) is 0. The monoisotopic (exact) mass is 662 g/mol. The van der Waals surface area contributed by atoms with Crippen molar-refractivity contribution in [2.24, 2.45) is 0 Å². The van der Waals surface area contributed by atoms with Gasteiger partial charge >= 0.3 is 19.8 Å². The highest BCUT2D eigenvalue weighted by Gasteiger charge is 2.27. The zero-order chi connectivity index (χ0) is 33.7. The van der Waals surface area contributed by atoms with Crippen LogP contribution < -0.4 is 0 Å². The molecule has 2 atom stereocenters. The first-order chi connectivity index (χ1) is 21.5. The molecular formula is C35H69NO8P+. The Kier molecular flexibility index (Phi) is 28.1. The van der Waals surface area contributed by atoms with Gasteiger partial charge in [0.05, 0.1) is 27.7 Å². The lowest BCUT2D eigenvalue weighted by molar-refractivity contribution is -0.870. The molecule has 1 N–H and O–H groups in total. The van der Waals surface area contributed by atoms with Crippen molar-refractivity contribution >= 4 is 19.8 Å². The summed E-state index contributed by atoms with van der Waals surface area (Å²) in [5.74, 6) is -0.815. The largest absolute Gasteiger partial charge is 0.472 e. The van der Waals surface area contributed by atoms with E-state index in [0.29, 0.717) is 17.4 Å². The van der Waals surface area contributed by atoms with E-state index in [9.17, 15) is 19.0 Å². The normalized spacial score (nSPS) is 14.0. The number of phosphoric acid groups is 1. The van der Waals surface area contributed by atoms with E-state index in [1.807, 2.05) is 21.1 Å². The lowest BCUT2D eigenvalue weighted by Crippen LogP contribution is -2.37. The molecule has 266 valence electrons. The van der Waals surface area contributed by atoms with Crippen LogP contribution >= 0.6 is 7.82 Å². The van der Waals surface area contributed by atoms with E-state index in [2.05, 4.69) is 26.0 Å². The minimum atomic E-state index is -4.36. The number of hydrogen-bond donors (Lipinski definition) is 1. The number of rotatable bonds is 32. The van der Waals surface area contributed by atoms with Crippen LogP contribution in [0, 0.1) is 0 Å². The number of carbonyl (C=O) groups is 2. The van der Waals surface area contributed by atoms with Crippen molar-refractivity contribution in [2.75, 3.05) is 47.5 Å². The molecule has 2 unspecified atom stereocenters. The van der Waals surface area contributed by atoms with Crippen molar-refractivity contribution < 1.29 is 42.1 Å². The lowest BCUT2D eigenvalue weighted by Gasteiger charge is -2.24. The second-order valence-electron chi connectivity index (χ2n) is 13.3. The van der Waals surface area contributed by atoms with Crippen LogP contribution in [0.5, 0.6) is 0 Å². The van der Waals surface area contributed by atoms with Gasteiger partial charge in [-0.1, -0.05) is 109 Å². The molecule has 0 saturated heterocycles.